The van der Waals surface area contributed by atoms with Gasteiger partial charge >= 0.3 is 11.7 Å². The Morgan fingerprint density at radius 1 is 1.52 bits per heavy atom. The molecule has 1 atom stereocenters. The molecule has 1 aromatic rings. The van der Waals surface area contributed by atoms with Crippen molar-refractivity contribution in [3.63, 3.8) is 0 Å². The van der Waals surface area contributed by atoms with Crippen LogP contribution in [-0.2, 0) is 9.53 Å². The van der Waals surface area contributed by atoms with Crippen molar-refractivity contribution in [1.82, 2.24) is 9.97 Å². The smallest absolute Gasteiger partial charge is 0.372 e. The molecule has 0 aliphatic heterocycles. The van der Waals surface area contributed by atoms with Gasteiger partial charge in [-0.2, -0.15) is 4.98 Å². The molecule has 0 saturated carbocycles. The van der Waals surface area contributed by atoms with E-state index < -0.39 is 22.6 Å². The number of carboxylic acids is 1. The standard InChI is InChI=1S/C11H16N4O6/c1-20-5-3-4-7(11(16)17)14-9-8(15(18)19)10(21-2)13-6-12-9/h6-7H,3-5H2,1-2H3,(H,16,17)(H,12,13,14). The summed E-state index contributed by atoms with van der Waals surface area (Å²) in [4.78, 5) is 28.9. The zero-order chi connectivity index (χ0) is 15.8. The van der Waals surface area contributed by atoms with Gasteiger partial charge in [-0.15, -0.1) is 0 Å². The van der Waals surface area contributed by atoms with Crippen LogP contribution in [0, 0.1) is 10.1 Å². The summed E-state index contributed by atoms with van der Waals surface area (Å²) < 4.78 is 9.63. The Bertz CT molecular complexity index is 509. The van der Waals surface area contributed by atoms with Gasteiger partial charge in [0.15, 0.2) is 0 Å². The normalized spacial score (nSPS) is 11.7. The summed E-state index contributed by atoms with van der Waals surface area (Å²) in [5, 5.41) is 22.7. The number of nitrogens with one attached hydrogen (secondary N) is 1. The van der Waals surface area contributed by atoms with Crippen molar-refractivity contribution in [3.8, 4) is 5.88 Å². The molecule has 0 bridgehead atoms. The average Bonchev–Trinajstić information content (AvgIpc) is 2.45. The minimum atomic E-state index is -1.14. The van der Waals surface area contributed by atoms with Crippen molar-refractivity contribution < 1.29 is 24.3 Å². The topological polar surface area (TPSA) is 137 Å². The predicted octanol–water partition coefficient (Wildman–Crippen LogP) is 0.685. The van der Waals surface area contributed by atoms with Gasteiger partial charge in [0.05, 0.1) is 12.0 Å². The maximum Gasteiger partial charge on any atom is 0.372 e. The summed E-state index contributed by atoms with van der Waals surface area (Å²) in [5.41, 5.74) is -0.502. The van der Waals surface area contributed by atoms with Gasteiger partial charge in [-0.3, -0.25) is 10.1 Å². The van der Waals surface area contributed by atoms with Crippen LogP contribution < -0.4 is 10.1 Å². The second-order valence-electron chi connectivity index (χ2n) is 4.01. The van der Waals surface area contributed by atoms with Gasteiger partial charge in [-0.25, -0.2) is 9.78 Å². The average molecular weight is 300 g/mol. The van der Waals surface area contributed by atoms with Crippen LogP contribution in [0.1, 0.15) is 12.8 Å². The number of nitrogens with zero attached hydrogens (tertiary/aromatic N) is 3. The molecule has 0 aliphatic rings. The van der Waals surface area contributed by atoms with Crippen LogP contribution in [0.4, 0.5) is 11.5 Å². The van der Waals surface area contributed by atoms with Gasteiger partial charge < -0.3 is 19.9 Å². The van der Waals surface area contributed by atoms with Crippen molar-refractivity contribution >= 4 is 17.5 Å². The zero-order valence-corrected chi connectivity index (χ0v) is 11.6. The van der Waals surface area contributed by atoms with E-state index in [1.807, 2.05) is 0 Å². The van der Waals surface area contributed by atoms with E-state index in [0.29, 0.717) is 13.0 Å². The molecule has 1 rings (SSSR count). The van der Waals surface area contributed by atoms with Crippen molar-refractivity contribution in [2.75, 3.05) is 26.1 Å². The molecule has 0 saturated heterocycles. The molecule has 1 aromatic heterocycles. The Labute approximate surface area is 120 Å². The first-order valence-electron chi connectivity index (χ1n) is 6.02. The number of carbonyl (C=O) groups is 1. The van der Waals surface area contributed by atoms with Gasteiger partial charge in [0, 0.05) is 13.7 Å². The Kier molecular flexibility index (Phi) is 6.27. The summed E-state index contributed by atoms with van der Waals surface area (Å²) in [6.45, 7) is 0.390. The van der Waals surface area contributed by atoms with Crippen molar-refractivity contribution in [1.29, 1.82) is 0 Å². The van der Waals surface area contributed by atoms with E-state index in [4.69, 9.17) is 14.6 Å². The van der Waals surface area contributed by atoms with Crippen molar-refractivity contribution in [3.05, 3.63) is 16.4 Å². The molecule has 10 heteroatoms. The lowest BCUT2D eigenvalue weighted by Crippen LogP contribution is -2.30. The van der Waals surface area contributed by atoms with E-state index in [2.05, 4.69) is 15.3 Å². The zero-order valence-electron chi connectivity index (χ0n) is 11.6. The third-order valence-electron chi connectivity index (χ3n) is 2.61. The number of rotatable bonds is 9. The fourth-order valence-corrected chi connectivity index (χ4v) is 1.64. The van der Waals surface area contributed by atoms with E-state index in [1.54, 1.807) is 0 Å². The number of hydrogen-bond acceptors (Lipinski definition) is 8. The molecule has 0 spiro atoms. The monoisotopic (exact) mass is 300 g/mol. The lowest BCUT2D eigenvalue weighted by molar-refractivity contribution is -0.385. The summed E-state index contributed by atoms with van der Waals surface area (Å²) >= 11 is 0. The molecule has 1 heterocycles. The van der Waals surface area contributed by atoms with E-state index in [-0.39, 0.29) is 18.1 Å². The summed E-state index contributed by atoms with van der Waals surface area (Å²) in [6, 6.07) is -1.03. The maximum absolute atomic E-state index is 11.2. The second kappa shape index (κ2) is 7.94. The number of hydrogen-bond donors (Lipinski definition) is 2. The molecule has 10 nitrogen and oxygen atoms in total. The number of ether oxygens (including phenoxy) is 2. The van der Waals surface area contributed by atoms with Crippen LogP contribution >= 0.6 is 0 Å². The van der Waals surface area contributed by atoms with Crippen LogP contribution in [0.15, 0.2) is 6.33 Å². The van der Waals surface area contributed by atoms with Crippen LogP contribution in [-0.4, -0.2) is 52.8 Å². The maximum atomic E-state index is 11.2. The Balaban J connectivity index is 2.98. The minimum absolute atomic E-state index is 0.198. The van der Waals surface area contributed by atoms with Crippen LogP contribution in [0.3, 0.4) is 0 Å². The largest absolute Gasteiger partial charge is 0.480 e. The lowest BCUT2D eigenvalue weighted by Gasteiger charge is -2.15. The molecule has 0 radical (unpaired) electrons. The van der Waals surface area contributed by atoms with Gasteiger partial charge in [0.2, 0.25) is 5.82 Å². The third kappa shape index (κ3) is 4.53. The first-order chi connectivity index (χ1) is 10.0. The van der Waals surface area contributed by atoms with E-state index in [9.17, 15) is 14.9 Å². The fourth-order valence-electron chi connectivity index (χ4n) is 1.64. The molecule has 0 amide bonds. The number of aliphatic carboxylic acids is 1. The molecular weight excluding hydrogens is 284 g/mol. The van der Waals surface area contributed by atoms with Crippen LogP contribution in [0.2, 0.25) is 0 Å². The number of carboxylic acid groups (broad SMARTS) is 1. The number of aromatic nitrogens is 2. The summed E-state index contributed by atoms with van der Waals surface area (Å²) in [7, 11) is 2.73. The van der Waals surface area contributed by atoms with Gasteiger partial charge in [0.1, 0.15) is 12.4 Å². The first kappa shape index (κ1) is 16.6. The third-order valence-corrected chi connectivity index (χ3v) is 2.61. The SMILES string of the molecule is COCCCC(Nc1ncnc(OC)c1[N+](=O)[O-])C(=O)O. The molecule has 0 aromatic carbocycles. The quantitative estimate of drug-likeness (QED) is 0.383. The minimum Gasteiger partial charge on any atom is -0.480 e. The predicted molar refractivity (Wildman–Crippen MR) is 71.4 cm³/mol. The highest BCUT2D eigenvalue weighted by Gasteiger charge is 2.27. The highest BCUT2D eigenvalue weighted by atomic mass is 16.6. The van der Waals surface area contributed by atoms with Crippen molar-refractivity contribution in [2.24, 2.45) is 0 Å². The molecule has 116 valence electrons. The fraction of sp³-hybridized carbons (Fsp3) is 0.545. The first-order valence-corrected chi connectivity index (χ1v) is 6.02. The highest BCUT2D eigenvalue weighted by molar-refractivity contribution is 5.78. The van der Waals surface area contributed by atoms with Gasteiger partial charge in [-0.1, -0.05) is 0 Å². The molecule has 0 fully saturated rings. The lowest BCUT2D eigenvalue weighted by atomic mass is 10.1. The Hall–Kier alpha value is -2.49. The van der Waals surface area contributed by atoms with Gasteiger partial charge in [-0.05, 0) is 12.8 Å². The van der Waals surface area contributed by atoms with Crippen molar-refractivity contribution in [2.45, 2.75) is 18.9 Å². The number of nitro groups is 1. The van der Waals surface area contributed by atoms with E-state index in [0.717, 1.165) is 6.33 Å². The Morgan fingerprint density at radius 2 is 2.24 bits per heavy atom. The van der Waals surface area contributed by atoms with Crippen LogP contribution in [0.25, 0.3) is 0 Å². The van der Waals surface area contributed by atoms with E-state index >= 15 is 0 Å². The summed E-state index contributed by atoms with van der Waals surface area (Å²) in [5.74, 6) is -1.58. The number of methoxy groups -OCH3 is 2. The summed E-state index contributed by atoms with van der Waals surface area (Å²) in [6.07, 6.45) is 1.77. The van der Waals surface area contributed by atoms with Crippen LogP contribution in [0.5, 0.6) is 5.88 Å². The number of anilines is 1. The van der Waals surface area contributed by atoms with Gasteiger partial charge in [0.25, 0.3) is 5.88 Å². The molecule has 2 N–H and O–H groups in total. The second-order valence-corrected chi connectivity index (χ2v) is 4.01. The molecule has 1 unspecified atom stereocenters. The molecule has 21 heavy (non-hydrogen) atoms. The molecular formula is C11H16N4O6. The Morgan fingerprint density at radius 3 is 2.76 bits per heavy atom. The highest BCUT2D eigenvalue weighted by Crippen LogP contribution is 2.31. The molecule has 0 aliphatic carbocycles. The van der Waals surface area contributed by atoms with E-state index in [1.165, 1.54) is 14.2 Å².